The minimum absolute atomic E-state index is 0.0108. The zero-order valence-corrected chi connectivity index (χ0v) is 23.3. The smallest absolute Gasteiger partial charge is 0.340 e. The maximum atomic E-state index is 13.5. The van der Waals surface area contributed by atoms with E-state index in [1.807, 2.05) is 24.3 Å². The second kappa shape index (κ2) is 14.7. The maximum Gasteiger partial charge on any atom is 0.416 e. The number of rotatable bonds is 13. The van der Waals surface area contributed by atoms with Gasteiger partial charge in [-0.15, -0.1) is 0 Å². The third-order valence-electron chi connectivity index (χ3n) is 6.82. The first-order valence-corrected chi connectivity index (χ1v) is 13.5. The molecule has 2 atom stereocenters. The normalized spacial score (nSPS) is 12.9. The molecule has 0 aliphatic carbocycles. The summed E-state index contributed by atoms with van der Waals surface area (Å²) in [5, 5.41) is 3.54. The van der Waals surface area contributed by atoms with Gasteiger partial charge >= 0.3 is 6.18 Å². The summed E-state index contributed by atoms with van der Waals surface area (Å²) < 4.78 is 39.2. The molecule has 7 N–H and O–H groups in total. The molecule has 1 aromatic heterocycles. The van der Waals surface area contributed by atoms with Gasteiger partial charge in [-0.25, -0.2) is 0 Å². The summed E-state index contributed by atoms with van der Waals surface area (Å²) in [5.41, 5.74) is 18.0. The van der Waals surface area contributed by atoms with Gasteiger partial charge in [-0.2, -0.15) is 13.2 Å². The number of amides is 3. The molecule has 0 bridgehead atoms. The Balaban J connectivity index is 1.79. The second-order valence-electron chi connectivity index (χ2n) is 9.87. The molecule has 226 valence electrons. The zero-order valence-electron chi connectivity index (χ0n) is 23.3. The van der Waals surface area contributed by atoms with Crippen LogP contribution in [0.25, 0.3) is 10.9 Å². The number of alkyl halides is 3. The minimum Gasteiger partial charge on any atom is -0.340 e. The highest BCUT2D eigenvalue weighted by molar-refractivity contribution is 5.99. The van der Waals surface area contributed by atoms with Gasteiger partial charge in [-0.1, -0.05) is 30.3 Å². The maximum absolute atomic E-state index is 13.5. The van der Waals surface area contributed by atoms with Gasteiger partial charge < -0.3 is 32.3 Å². The molecule has 42 heavy (non-hydrogen) atoms. The van der Waals surface area contributed by atoms with Crippen LogP contribution in [-0.2, 0) is 27.0 Å². The van der Waals surface area contributed by atoms with Crippen LogP contribution in [0.2, 0.25) is 0 Å². The van der Waals surface area contributed by atoms with E-state index in [0.717, 1.165) is 27.9 Å². The van der Waals surface area contributed by atoms with Crippen molar-refractivity contribution in [1.29, 1.82) is 0 Å². The van der Waals surface area contributed by atoms with Crippen molar-refractivity contribution in [3.63, 3.8) is 0 Å². The molecule has 0 aliphatic heterocycles. The number of halogens is 3. The van der Waals surface area contributed by atoms with Crippen LogP contribution in [0.5, 0.6) is 0 Å². The highest BCUT2D eigenvalue weighted by atomic mass is 19.4. The van der Waals surface area contributed by atoms with Crippen molar-refractivity contribution in [3.05, 3.63) is 71.9 Å². The number of pyridine rings is 1. The van der Waals surface area contributed by atoms with Gasteiger partial charge in [0.2, 0.25) is 17.7 Å². The van der Waals surface area contributed by atoms with Gasteiger partial charge in [0, 0.05) is 51.5 Å². The molecule has 1 heterocycles. The molecule has 0 radical (unpaired) electrons. The Hall–Kier alpha value is -4.07. The molecule has 0 spiro atoms. The van der Waals surface area contributed by atoms with Crippen LogP contribution in [0.4, 0.5) is 18.9 Å². The van der Waals surface area contributed by atoms with E-state index in [1.54, 1.807) is 6.07 Å². The molecule has 0 fully saturated rings. The van der Waals surface area contributed by atoms with Crippen molar-refractivity contribution in [3.8, 4) is 0 Å². The van der Waals surface area contributed by atoms with E-state index in [2.05, 4.69) is 10.3 Å². The molecule has 13 heteroatoms. The third kappa shape index (κ3) is 8.71. The minimum atomic E-state index is -4.51. The molecule has 0 unspecified atom stereocenters. The quantitative estimate of drug-likeness (QED) is 0.238. The van der Waals surface area contributed by atoms with Gasteiger partial charge in [-0.3, -0.25) is 19.4 Å². The molecule has 10 nitrogen and oxygen atoms in total. The first-order valence-electron chi connectivity index (χ1n) is 13.5. The van der Waals surface area contributed by atoms with E-state index < -0.39 is 35.6 Å². The Labute approximate surface area is 242 Å². The van der Waals surface area contributed by atoms with Crippen molar-refractivity contribution in [2.24, 2.45) is 17.2 Å². The summed E-state index contributed by atoms with van der Waals surface area (Å²) in [6, 6.07) is 11.2. The number of para-hydroxylation sites is 1. The standard InChI is InChI=1S/C29H36F3N7O3/c1-38(28(42)23(35)10-11-26(40)39(14-12-33)15-13-34)25(16-19-6-8-21(9-7-19)29(30,31)32)27(41)37-22-17-20-4-2-3-5-24(20)36-18-22/h2-9,17-18,23,25H,10-16,33-35H2,1H3,(H,37,41)/t23-,25-/m0/s1. The molecule has 0 saturated carbocycles. The van der Waals surface area contributed by atoms with E-state index in [9.17, 15) is 27.6 Å². The summed E-state index contributed by atoms with van der Waals surface area (Å²) in [4.78, 5) is 46.4. The first kappa shape index (κ1) is 32.4. The van der Waals surface area contributed by atoms with Crippen LogP contribution in [0.1, 0.15) is 24.0 Å². The lowest BCUT2D eigenvalue weighted by Gasteiger charge is -2.30. The SMILES string of the molecule is CN(C(=O)[C@@H](N)CCC(=O)N(CCN)CCN)[C@@H](Cc1ccc(C(F)(F)F)cc1)C(=O)Nc1cnc2ccccc2c1. The van der Waals surface area contributed by atoms with E-state index in [1.165, 1.54) is 30.3 Å². The van der Waals surface area contributed by atoms with Crippen molar-refractivity contribution in [2.45, 2.75) is 37.5 Å². The fourth-order valence-electron chi connectivity index (χ4n) is 4.47. The molecule has 3 amide bonds. The molecule has 0 aliphatic rings. The van der Waals surface area contributed by atoms with Gasteiger partial charge in [0.1, 0.15) is 6.04 Å². The van der Waals surface area contributed by atoms with E-state index in [0.29, 0.717) is 24.3 Å². The Morgan fingerprint density at radius 2 is 1.64 bits per heavy atom. The molecule has 3 aromatic rings. The fraction of sp³-hybridized carbons (Fsp3) is 0.379. The number of nitrogens with two attached hydrogens (primary N) is 3. The van der Waals surface area contributed by atoms with E-state index in [-0.39, 0.29) is 38.3 Å². The number of carbonyl (C=O) groups excluding carboxylic acids is 3. The van der Waals surface area contributed by atoms with Gasteiger partial charge in [0.25, 0.3) is 0 Å². The van der Waals surface area contributed by atoms with Crippen molar-refractivity contribution < 1.29 is 27.6 Å². The number of anilines is 1. The highest BCUT2D eigenvalue weighted by Crippen LogP contribution is 2.29. The van der Waals surface area contributed by atoms with Gasteiger partial charge in [-0.05, 0) is 36.2 Å². The Morgan fingerprint density at radius 1 is 1.00 bits per heavy atom. The first-order chi connectivity index (χ1) is 19.9. The summed E-state index contributed by atoms with van der Waals surface area (Å²) in [5.74, 6) is -1.43. The number of benzene rings is 2. The van der Waals surface area contributed by atoms with Crippen LogP contribution in [0.3, 0.4) is 0 Å². The molecule has 0 saturated heterocycles. The van der Waals surface area contributed by atoms with Crippen molar-refractivity contribution in [2.75, 3.05) is 38.5 Å². The van der Waals surface area contributed by atoms with Crippen LogP contribution >= 0.6 is 0 Å². The lowest BCUT2D eigenvalue weighted by Crippen LogP contribution is -2.52. The number of aromatic nitrogens is 1. The van der Waals surface area contributed by atoms with Gasteiger partial charge in [0.05, 0.1) is 29.0 Å². The highest BCUT2D eigenvalue weighted by Gasteiger charge is 2.32. The summed E-state index contributed by atoms with van der Waals surface area (Å²) in [7, 11) is 1.39. The predicted octanol–water partition coefficient (Wildman–Crippen LogP) is 2.12. The number of nitrogens with zero attached hydrogens (tertiary/aromatic N) is 3. The Kier molecular flexibility index (Phi) is 11.4. The number of fused-ring (bicyclic) bond motifs is 1. The van der Waals surface area contributed by atoms with Crippen molar-refractivity contribution >= 4 is 34.3 Å². The number of nitrogens with one attached hydrogen (secondary N) is 1. The van der Waals surface area contributed by atoms with Crippen LogP contribution in [0.15, 0.2) is 60.8 Å². The van der Waals surface area contributed by atoms with Gasteiger partial charge in [0.15, 0.2) is 0 Å². The largest absolute Gasteiger partial charge is 0.416 e. The van der Waals surface area contributed by atoms with Crippen LogP contribution in [0, 0.1) is 0 Å². The zero-order chi connectivity index (χ0) is 30.9. The van der Waals surface area contributed by atoms with E-state index >= 15 is 0 Å². The lowest BCUT2D eigenvalue weighted by atomic mass is 10.0. The fourth-order valence-corrected chi connectivity index (χ4v) is 4.47. The van der Waals surface area contributed by atoms with Crippen LogP contribution < -0.4 is 22.5 Å². The van der Waals surface area contributed by atoms with Crippen LogP contribution in [-0.4, -0.2) is 77.8 Å². The summed E-state index contributed by atoms with van der Waals surface area (Å²) in [6.45, 7) is 1.15. The summed E-state index contributed by atoms with van der Waals surface area (Å²) >= 11 is 0. The molecular formula is C29H36F3N7O3. The monoisotopic (exact) mass is 587 g/mol. The summed E-state index contributed by atoms with van der Waals surface area (Å²) in [6.07, 6.45) is -3.14. The Morgan fingerprint density at radius 3 is 2.26 bits per heavy atom. The predicted molar refractivity (Wildman–Crippen MR) is 154 cm³/mol. The number of carbonyl (C=O) groups is 3. The number of hydrogen-bond acceptors (Lipinski definition) is 7. The second-order valence-corrected chi connectivity index (χ2v) is 9.87. The number of hydrogen-bond donors (Lipinski definition) is 4. The topological polar surface area (TPSA) is 161 Å². The molecule has 3 rings (SSSR count). The average molecular weight is 588 g/mol. The van der Waals surface area contributed by atoms with Crippen molar-refractivity contribution in [1.82, 2.24) is 14.8 Å². The molecular weight excluding hydrogens is 551 g/mol. The number of likely N-dealkylation sites (N-methyl/N-ethyl adjacent to an activating group) is 1. The Bertz CT molecular complexity index is 1360. The third-order valence-corrected chi connectivity index (χ3v) is 6.82. The average Bonchev–Trinajstić information content (AvgIpc) is 2.97. The lowest BCUT2D eigenvalue weighted by molar-refractivity contribution is -0.138. The van der Waals surface area contributed by atoms with E-state index in [4.69, 9.17) is 17.2 Å². The molecule has 2 aromatic carbocycles.